The monoisotopic (exact) mass is 263 g/mol. The summed E-state index contributed by atoms with van der Waals surface area (Å²) in [5, 5.41) is 8.72. The number of esters is 1. The Kier molecular flexibility index (Phi) is 4.31. The fourth-order valence-electron chi connectivity index (χ4n) is 1.67. The number of hydrogen-bond acceptors (Lipinski definition) is 3. The third-order valence-electron chi connectivity index (χ3n) is 2.82. The molecule has 2 aromatic carbocycles. The molecule has 0 fully saturated rings. The van der Waals surface area contributed by atoms with Crippen molar-refractivity contribution in [2.24, 2.45) is 0 Å². The minimum Gasteiger partial charge on any atom is -0.457 e. The molecule has 0 saturated carbocycles. The highest BCUT2D eigenvalue weighted by Crippen LogP contribution is 2.15. The summed E-state index contributed by atoms with van der Waals surface area (Å²) in [4.78, 5) is 11.9. The summed E-state index contributed by atoms with van der Waals surface area (Å²) in [5.41, 5.74) is 2.40. The minimum atomic E-state index is -0.460. The number of ether oxygens (including phenoxy) is 1. The second-order valence-corrected chi connectivity index (χ2v) is 4.23. The number of nitriles is 1. The van der Waals surface area contributed by atoms with Crippen molar-refractivity contribution in [3.05, 3.63) is 77.9 Å². The first-order chi connectivity index (χ1) is 9.70. The van der Waals surface area contributed by atoms with E-state index in [1.165, 1.54) is 0 Å². The smallest absolute Gasteiger partial charge is 0.338 e. The maximum atomic E-state index is 11.9. The van der Waals surface area contributed by atoms with Gasteiger partial charge in [-0.1, -0.05) is 49.0 Å². The molecule has 0 saturated heterocycles. The minimum absolute atomic E-state index is 0.217. The van der Waals surface area contributed by atoms with Crippen molar-refractivity contribution in [2.45, 2.75) is 6.61 Å². The lowest BCUT2D eigenvalue weighted by Gasteiger charge is -2.07. The fraction of sp³-hybridized carbons (Fsp3) is 0.0588. The molecule has 3 heteroatoms. The Morgan fingerprint density at radius 3 is 2.35 bits per heavy atom. The van der Waals surface area contributed by atoms with Crippen molar-refractivity contribution < 1.29 is 9.53 Å². The zero-order valence-electron chi connectivity index (χ0n) is 10.9. The van der Waals surface area contributed by atoms with Gasteiger partial charge in [-0.2, -0.15) is 5.26 Å². The standard InChI is InChI=1S/C17H13NO2/c1-13(16-9-7-14(11-18)8-10-16)17(19)20-12-15-5-3-2-4-6-15/h2-10H,1,12H2. The second kappa shape index (κ2) is 6.35. The molecule has 0 aliphatic rings. The predicted molar refractivity (Wildman–Crippen MR) is 76.4 cm³/mol. The van der Waals surface area contributed by atoms with Gasteiger partial charge in [0.05, 0.1) is 17.2 Å². The molecule has 0 heterocycles. The van der Waals surface area contributed by atoms with Crippen LogP contribution in [-0.4, -0.2) is 5.97 Å². The first kappa shape index (κ1) is 13.6. The molecule has 0 amide bonds. The summed E-state index contributed by atoms with van der Waals surface area (Å²) in [6, 6.07) is 18.1. The van der Waals surface area contributed by atoms with Gasteiger partial charge in [-0.3, -0.25) is 0 Å². The first-order valence-electron chi connectivity index (χ1n) is 6.11. The molecule has 0 spiro atoms. The van der Waals surface area contributed by atoms with Crippen LogP contribution in [0.15, 0.2) is 61.2 Å². The lowest BCUT2D eigenvalue weighted by atomic mass is 10.1. The van der Waals surface area contributed by atoms with Crippen molar-refractivity contribution >= 4 is 11.5 Å². The van der Waals surface area contributed by atoms with E-state index in [-0.39, 0.29) is 12.2 Å². The average molecular weight is 263 g/mol. The molecule has 0 N–H and O–H groups in total. The Hall–Kier alpha value is -2.86. The maximum absolute atomic E-state index is 11.9. The summed E-state index contributed by atoms with van der Waals surface area (Å²) in [7, 11) is 0. The molecular weight excluding hydrogens is 250 g/mol. The molecule has 0 aliphatic heterocycles. The van der Waals surface area contributed by atoms with Crippen molar-refractivity contribution in [3.63, 3.8) is 0 Å². The van der Waals surface area contributed by atoms with Gasteiger partial charge < -0.3 is 4.74 Å². The number of benzene rings is 2. The van der Waals surface area contributed by atoms with Crippen molar-refractivity contribution in [3.8, 4) is 6.07 Å². The van der Waals surface area contributed by atoms with E-state index in [4.69, 9.17) is 10.00 Å². The molecule has 20 heavy (non-hydrogen) atoms. The van der Waals surface area contributed by atoms with Gasteiger partial charge in [0, 0.05) is 0 Å². The molecule has 2 rings (SSSR count). The van der Waals surface area contributed by atoms with E-state index in [0.29, 0.717) is 11.1 Å². The van der Waals surface area contributed by atoms with E-state index < -0.39 is 5.97 Å². The van der Waals surface area contributed by atoms with Crippen LogP contribution in [0, 0.1) is 11.3 Å². The van der Waals surface area contributed by atoms with Crippen LogP contribution in [0.1, 0.15) is 16.7 Å². The van der Waals surface area contributed by atoms with E-state index >= 15 is 0 Å². The van der Waals surface area contributed by atoms with Crippen LogP contribution in [0.4, 0.5) is 0 Å². The fourth-order valence-corrected chi connectivity index (χ4v) is 1.67. The molecule has 0 atom stereocenters. The van der Waals surface area contributed by atoms with E-state index in [2.05, 4.69) is 6.58 Å². The third-order valence-corrected chi connectivity index (χ3v) is 2.82. The topological polar surface area (TPSA) is 50.1 Å². The highest BCUT2D eigenvalue weighted by Gasteiger charge is 2.11. The summed E-state index contributed by atoms with van der Waals surface area (Å²) < 4.78 is 5.20. The Balaban J connectivity index is 1.98. The summed E-state index contributed by atoms with van der Waals surface area (Å²) >= 11 is 0. The highest BCUT2D eigenvalue weighted by atomic mass is 16.5. The third kappa shape index (κ3) is 3.33. The SMILES string of the molecule is C=C(C(=O)OCc1ccccc1)c1ccc(C#N)cc1. The largest absolute Gasteiger partial charge is 0.457 e. The number of rotatable bonds is 4. The van der Waals surface area contributed by atoms with Gasteiger partial charge in [-0.25, -0.2) is 4.79 Å². The zero-order valence-corrected chi connectivity index (χ0v) is 10.9. The molecule has 0 aliphatic carbocycles. The van der Waals surface area contributed by atoms with Crippen LogP contribution < -0.4 is 0 Å². The molecular formula is C17H13NO2. The average Bonchev–Trinajstić information content (AvgIpc) is 2.53. The summed E-state index contributed by atoms with van der Waals surface area (Å²) in [6.07, 6.45) is 0. The van der Waals surface area contributed by atoms with E-state index in [1.54, 1.807) is 24.3 Å². The molecule has 0 unspecified atom stereocenters. The van der Waals surface area contributed by atoms with Crippen LogP contribution in [0.5, 0.6) is 0 Å². The Morgan fingerprint density at radius 1 is 1.10 bits per heavy atom. The summed E-state index contributed by atoms with van der Waals surface area (Å²) in [5.74, 6) is -0.460. The van der Waals surface area contributed by atoms with Gasteiger partial charge in [0.1, 0.15) is 6.61 Å². The van der Waals surface area contributed by atoms with Crippen LogP contribution in [0.25, 0.3) is 5.57 Å². The Bertz CT molecular complexity index is 652. The van der Waals surface area contributed by atoms with Crippen molar-refractivity contribution in [1.82, 2.24) is 0 Å². The quantitative estimate of drug-likeness (QED) is 0.628. The Morgan fingerprint density at radius 2 is 1.75 bits per heavy atom. The molecule has 98 valence electrons. The lowest BCUT2D eigenvalue weighted by Crippen LogP contribution is -2.06. The Labute approximate surface area is 117 Å². The van der Waals surface area contributed by atoms with Crippen molar-refractivity contribution in [1.29, 1.82) is 5.26 Å². The molecule has 2 aromatic rings. The van der Waals surface area contributed by atoms with Crippen LogP contribution >= 0.6 is 0 Å². The van der Waals surface area contributed by atoms with Crippen LogP contribution in [0.2, 0.25) is 0 Å². The second-order valence-electron chi connectivity index (χ2n) is 4.23. The van der Waals surface area contributed by atoms with Gasteiger partial charge in [0.2, 0.25) is 0 Å². The number of nitrogens with zero attached hydrogens (tertiary/aromatic N) is 1. The van der Waals surface area contributed by atoms with Gasteiger partial charge in [0.25, 0.3) is 0 Å². The van der Waals surface area contributed by atoms with E-state index in [1.807, 2.05) is 36.4 Å². The predicted octanol–water partition coefficient (Wildman–Crippen LogP) is 3.31. The summed E-state index contributed by atoms with van der Waals surface area (Å²) in [6.45, 7) is 3.95. The van der Waals surface area contributed by atoms with Gasteiger partial charge in [-0.05, 0) is 23.3 Å². The molecule has 0 aromatic heterocycles. The first-order valence-corrected chi connectivity index (χ1v) is 6.11. The molecule has 0 radical (unpaired) electrons. The molecule has 0 bridgehead atoms. The maximum Gasteiger partial charge on any atom is 0.338 e. The normalized spacial score (nSPS) is 9.55. The number of carbonyl (C=O) groups is 1. The van der Waals surface area contributed by atoms with Gasteiger partial charge >= 0.3 is 5.97 Å². The van der Waals surface area contributed by atoms with E-state index in [9.17, 15) is 4.79 Å². The number of hydrogen-bond donors (Lipinski definition) is 0. The number of carbonyl (C=O) groups excluding carboxylic acids is 1. The van der Waals surface area contributed by atoms with Gasteiger partial charge in [-0.15, -0.1) is 0 Å². The van der Waals surface area contributed by atoms with Crippen LogP contribution in [-0.2, 0) is 16.1 Å². The van der Waals surface area contributed by atoms with Crippen molar-refractivity contribution in [2.75, 3.05) is 0 Å². The lowest BCUT2D eigenvalue weighted by molar-refractivity contribution is -0.137. The highest BCUT2D eigenvalue weighted by molar-refractivity contribution is 6.15. The molecule has 3 nitrogen and oxygen atoms in total. The van der Waals surface area contributed by atoms with E-state index in [0.717, 1.165) is 5.56 Å². The zero-order chi connectivity index (χ0) is 14.4. The van der Waals surface area contributed by atoms with Gasteiger partial charge in [0.15, 0.2) is 0 Å². The van der Waals surface area contributed by atoms with Crippen LogP contribution in [0.3, 0.4) is 0 Å².